The largest absolute Gasteiger partial charge is 0.447 e. The van der Waals surface area contributed by atoms with Crippen LogP contribution in [0.2, 0.25) is 0 Å². The van der Waals surface area contributed by atoms with E-state index in [-0.39, 0.29) is 4.90 Å². The van der Waals surface area contributed by atoms with Crippen LogP contribution in [0.4, 0.5) is 16.2 Å². The van der Waals surface area contributed by atoms with Gasteiger partial charge in [-0.05, 0) is 37.1 Å². The summed E-state index contributed by atoms with van der Waals surface area (Å²) in [6, 6.07) is 6.05. The standard InChI is InChI=1S/C16H16N4O4S/c21-16-20(7-8-24-16)13-3-5-14(6-4-13)25(22,23)19-12-9-17-15(18-10-12)11-1-2-11/h3-6,9-11,19H,1-2,7-8H2. The summed E-state index contributed by atoms with van der Waals surface area (Å²) >= 11 is 0. The number of cyclic esters (lactones) is 1. The third kappa shape index (κ3) is 3.27. The summed E-state index contributed by atoms with van der Waals surface area (Å²) in [4.78, 5) is 21.5. The lowest BCUT2D eigenvalue weighted by molar-refractivity contribution is 0.181. The first kappa shape index (κ1) is 15.8. The topological polar surface area (TPSA) is 101 Å². The second kappa shape index (κ2) is 5.99. The van der Waals surface area contributed by atoms with Crippen molar-refractivity contribution < 1.29 is 17.9 Å². The number of sulfonamides is 1. The molecule has 1 saturated carbocycles. The summed E-state index contributed by atoms with van der Waals surface area (Å²) in [5.41, 5.74) is 0.912. The Bertz CT molecular complexity index is 893. The Labute approximate surface area is 144 Å². The summed E-state index contributed by atoms with van der Waals surface area (Å²) in [7, 11) is -3.75. The van der Waals surface area contributed by atoms with Crippen LogP contribution in [0.3, 0.4) is 0 Å². The van der Waals surface area contributed by atoms with E-state index in [0.717, 1.165) is 18.7 Å². The number of rotatable bonds is 5. The maximum absolute atomic E-state index is 12.5. The van der Waals surface area contributed by atoms with E-state index >= 15 is 0 Å². The molecule has 0 spiro atoms. The Morgan fingerprint density at radius 1 is 1.12 bits per heavy atom. The van der Waals surface area contributed by atoms with Gasteiger partial charge in [0.05, 0.1) is 29.5 Å². The quantitative estimate of drug-likeness (QED) is 0.876. The molecule has 0 atom stereocenters. The van der Waals surface area contributed by atoms with Gasteiger partial charge in [0.25, 0.3) is 10.0 Å². The first-order valence-electron chi connectivity index (χ1n) is 7.92. The average Bonchev–Trinajstić information content (AvgIpc) is 3.37. The SMILES string of the molecule is O=C1OCCN1c1ccc(S(=O)(=O)Nc2cnc(C3CC3)nc2)cc1. The van der Waals surface area contributed by atoms with Gasteiger partial charge in [-0.3, -0.25) is 9.62 Å². The predicted octanol–water partition coefficient (Wildman–Crippen LogP) is 2.11. The number of nitrogens with zero attached hydrogens (tertiary/aromatic N) is 3. The molecule has 0 unspecified atom stereocenters. The van der Waals surface area contributed by atoms with E-state index in [2.05, 4.69) is 14.7 Å². The van der Waals surface area contributed by atoms with Gasteiger partial charge in [0.1, 0.15) is 12.4 Å². The lowest BCUT2D eigenvalue weighted by atomic mass is 10.3. The van der Waals surface area contributed by atoms with Crippen molar-refractivity contribution in [1.82, 2.24) is 9.97 Å². The van der Waals surface area contributed by atoms with Gasteiger partial charge in [-0.15, -0.1) is 0 Å². The van der Waals surface area contributed by atoms with Gasteiger partial charge in [0, 0.05) is 11.6 Å². The summed E-state index contributed by atoms with van der Waals surface area (Å²) in [6.07, 6.45) is 4.70. The number of nitrogens with one attached hydrogen (secondary N) is 1. The van der Waals surface area contributed by atoms with E-state index in [1.165, 1.54) is 29.4 Å². The van der Waals surface area contributed by atoms with E-state index in [9.17, 15) is 13.2 Å². The van der Waals surface area contributed by atoms with Crippen LogP contribution >= 0.6 is 0 Å². The van der Waals surface area contributed by atoms with Crippen molar-refractivity contribution in [3.05, 3.63) is 42.5 Å². The lowest BCUT2D eigenvalue weighted by Crippen LogP contribution is -2.23. The van der Waals surface area contributed by atoms with Crippen LogP contribution in [0.15, 0.2) is 41.6 Å². The Hall–Kier alpha value is -2.68. The maximum atomic E-state index is 12.5. The fourth-order valence-electron chi connectivity index (χ4n) is 2.59. The predicted molar refractivity (Wildman–Crippen MR) is 90.0 cm³/mol. The van der Waals surface area contributed by atoms with Gasteiger partial charge in [-0.25, -0.2) is 23.2 Å². The molecule has 2 heterocycles. The zero-order valence-corrected chi connectivity index (χ0v) is 14.1. The van der Waals surface area contributed by atoms with Crippen molar-refractivity contribution in [2.45, 2.75) is 23.7 Å². The van der Waals surface area contributed by atoms with Gasteiger partial charge in [0.15, 0.2) is 0 Å². The van der Waals surface area contributed by atoms with Gasteiger partial charge in [-0.2, -0.15) is 0 Å². The fourth-order valence-corrected chi connectivity index (χ4v) is 3.62. The van der Waals surface area contributed by atoms with E-state index in [1.54, 1.807) is 12.1 Å². The number of hydrogen-bond donors (Lipinski definition) is 1. The molecule has 2 aromatic rings. The molecule has 1 amide bonds. The molecule has 4 rings (SSSR count). The van der Waals surface area contributed by atoms with Crippen LogP contribution in [-0.4, -0.2) is 37.6 Å². The summed E-state index contributed by atoms with van der Waals surface area (Å²) in [5.74, 6) is 1.17. The number of carbonyl (C=O) groups is 1. The molecule has 2 fully saturated rings. The zero-order chi connectivity index (χ0) is 17.4. The van der Waals surface area contributed by atoms with Gasteiger partial charge in [0.2, 0.25) is 0 Å². The smallest absolute Gasteiger partial charge is 0.414 e. The van der Waals surface area contributed by atoms with Crippen molar-refractivity contribution in [3.63, 3.8) is 0 Å². The summed E-state index contributed by atoms with van der Waals surface area (Å²) in [6.45, 7) is 0.783. The molecule has 0 bridgehead atoms. The van der Waals surface area contributed by atoms with Crippen molar-refractivity contribution in [3.8, 4) is 0 Å². The molecule has 1 aromatic carbocycles. The number of ether oxygens (including phenoxy) is 1. The first-order chi connectivity index (χ1) is 12.0. The second-order valence-corrected chi connectivity index (χ2v) is 7.65. The molecule has 1 aliphatic heterocycles. The van der Waals surface area contributed by atoms with E-state index in [4.69, 9.17) is 4.74 Å². The molecule has 2 aliphatic rings. The number of carbonyl (C=O) groups excluding carboxylic acids is 1. The molecular formula is C16H16N4O4S. The number of amides is 1. The first-order valence-corrected chi connectivity index (χ1v) is 9.40. The molecule has 1 saturated heterocycles. The monoisotopic (exact) mass is 360 g/mol. The summed E-state index contributed by atoms with van der Waals surface area (Å²) in [5, 5.41) is 0. The third-order valence-corrected chi connectivity index (χ3v) is 5.48. The van der Waals surface area contributed by atoms with Crippen molar-refractivity contribution in [2.24, 2.45) is 0 Å². The maximum Gasteiger partial charge on any atom is 0.414 e. The average molecular weight is 360 g/mol. The van der Waals surface area contributed by atoms with Crippen LogP contribution in [0.1, 0.15) is 24.6 Å². The van der Waals surface area contributed by atoms with Crippen molar-refractivity contribution in [2.75, 3.05) is 22.8 Å². The van der Waals surface area contributed by atoms with Crippen LogP contribution < -0.4 is 9.62 Å². The lowest BCUT2D eigenvalue weighted by Gasteiger charge is -2.13. The third-order valence-electron chi connectivity index (χ3n) is 4.09. The van der Waals surface area contributed by atoms with Gasteiger partial charge < -0.3 is 4.74 Å². The molecule has 1 aromatic heterocycles. The highest BCUT2D eigenvalue weighted by Crippen LogP contribution is 2.37. The number of benzene rings is 1. The highest BCUT2D eigenvalue weighted by atomic mass is 32.2. The molecule has 8 nitrogen and oxygen atoms in total. The van der Waals surface area contributed by atoms with Gasteiger partial charge in [-0.1, -0.05) is 0 Å². The minimum atomic E-state index is -3.75. The van der Waals surface area contributed by atoms with Crippen LogP contribution in [0, 0.1) is 0 Å². The molecule has 0 radical (unpaired) electrons. The minimum absolute atomic E-state index is 0.0927. The van der Waals surface area contributed by atoms with Crippen LogP contribution in [-0.2, 0) is 14.8 Å². The number of aromatic nitrogens is 2. The van der Waals surface area contributed by atoms with Crippen molar-refractivity contribution in [1.29, 1.82) is 0 Å². The fraction of sp³-hybridized carbons (Fsp3) is 0.312. The van der Waals surface area contributed by atoms with Crippen LogP contribution in [0.25, 0.3) is 0 Å². The number of hydrogen-bond acceptors (Lipinski definition) is 6. The van der Waals surface area contributed by atoms with E-state index < -0.39 is 16.1 Å². The Morgan fingerprint density at radius 2 is 1.80 bits per heavy atom. The molecule has 9 heteroatoms. The Morgan fingerprint density at radius 3 is 2.36 bits per heavy atom. The highest BCUT2D eigenvalue weighted by Gasteiger charge is 2.27. The Kier molecular flexibility index (Phi) is 3.79. The van der Waals surface area contributed by atoms with E-state index in [1.807, 2.05) is 0 Å². The summed E-state index contributed by atoms with van der Waals surface area (Å²) < 4.78 is 32.2. The Balaban J connectivity index is 1.50. The van der Waals surface area contributed by atoms with Crippen molar-refractivity contribution >= 4 is 27.5 Å². The zero-order valence-electron chi connectivity index (χ0n) is 13.3. The van der Waals surface area contributed by atoms with E-state index in [0.29, 0.717) is 30.4 Å². The van der Waals surface area contributed by atoms with Crippen LogP contribution in [0.5, 0.6) is 0 Å². The second-order valence-electron chi connectivity index (χ2n) is 5.97. The molecule has 25 heavy (non-hydrogen) atoms. The number of anilines is 2. The molecular weight excluding hydrogens is 344 g/mol. The molecule has 130 valence electrons. The van der Waals surface area contributed by atoms with Gasteiger partial charge >= 0.3 is 6.09 Å². The molecule has 1 aliphatic carbocycles. The highest BCUT2D eigenvalue weighted by molar-refractivity contribution is 7.92. The molecule has 1 N–H and O–H groups in total. The minimum Gasteiger partial charge on any atom is -0.447 e. The normalized spacial score (nSPS) is 17.4.